The number of rotatable bonds is 3. The molecule has 1 aromatic carbocycles. The topological polar surface area (TPSA) is 30.7 Å². The SMILES string of the molecule is CC(C)n1c(CCl)nnc1-c1ccc(F)cc1. The maximum Gasteiger partial charge on any atom is 0.164 e. The van der Waals surface area contributed by atoms with Gasteiger partial charge in [-0.3, -0.25) is 0 Å². The second-order valence-corrected chi connectivity index (χ2v) is 4.31. The predicted octanol–water partition coefficient (Wildman–Crippen LogP) is 3.40. The van der Waals surface area contributed by atoms with Crippen molar-refractivity contribution in [3.05, 3.63) is 35.9 Å². The Morgan fingerprint density at radius 1 is 1.24 bits per heavy atom. The summed E-state index contributed by atoms with van der Waals surface area (Å²) in [5.74, 6) is 1.49. The summed E-state index contributed by atoms with van der Waals surface area (Å²) in [6.07, 6.45) is 0. The second kappa shape index (κ2) is 4.84. The molecule has 1 aromatic heterocycles. The van der Waals surface area contributed by atoms with Crippen LogP contribution in [0.3, 0.4) is 0 Å². The smallest absolute Gasteiger partial charge is 0.164 e. The Morgan fingerprint density at radius 3 is 2.41 bits per heavy atom. The average Bonchev–Trinajstić information content (AvgIpc) is 2.73. The van der Waals surface area contributed by atoms with Gasteiger partial charge in [0.1, 0.15) is 11.6 Å². The van der Waals surface area contributed by atoms with Crippen molar-refractivity contribution in [2.24, 2.45) is 0 Å². The molecule has 0 radical (unpaired) electrons. The van der Waals surface area contributed by atoms with Crippen molar-refractivity contribution in [1.29, 1.82) is 0 Å². The lowest BCUT2D eigenvalue weighted by molar-refractivity contribution is 0.584. The van der Waals surface area contributed by atoms with Crippen LogP contribution in [0.5, 0.6) is 0 Å². The first-order valence-corrected chi connectivity index (χ1v) is 5.92. The standard InChI is InChI=1S/C12H13ClFN3/c1-8(2)17-11(7-13)15-16-12(17)9-3-5-10(14)6-4-9/h3-6,8H,7H2,1-2H3. The van der Waals surface area contributed by atoms with Gasteiger partial charge in [-0.2, -0.15) is 0 Å². The summed E-state index contributed by atoms with van der Waals surface area (Å²) < 4.78 is 14.8. The summed E-state index contributed by atoms with van der Waals surface area (Å²) >= 11 is 5.82. The molecule has 0 spiro atoms. The van der Waals surface area contributed by atoms with Gasteiger partial charge in [-0.15, -0.1) is 21.8 Å². The number of aromatic nitrogens is 3. The number of hydrogen-bond donors (Lipinski definition) is 0. The Labute approximate surface area is 104 Å². The molecule has 0 atom stereocenters. The molecule has 0 saturated heterocycles. The van der Waals surface area contributed by atoms with Crippen LogP contribution in [0.2, 0.25) is 0 Å². The fraction of sp³-hybridized carbons (Fsp3) is 0.333. The van der Waals surface area contributed by atoms with Crippen molar-refractivity contribution >= 4 is 11.6 Å². The Balaban J connectivity index is 2.51. The van der Waals surface area contributed by atoms with E-state index in [2.05, 4.69) is 10.2 Å². The van der Waals surface area contributed by atoms with Crippen LogP contribution in [-0.4, -0.2) is 14.8 Å². The quantitative estimate of drug-likeness (QED) is 0.785. The molecule has 0 unspecified atom stereocenters. The summed E-state index contributed by atoms with van der Waals surface area (Å²) in [5, 5.41) is 8.16. The van der Waals surface area contributed by atoms with Gasteiger partial charge in [0.25, 0.3) is 0 Å². The zero-order chi connectivity index (χ0) is 12.4. The lowest BCUT2D eigenvalue weighted by atomic mass is 10.2. The van der Waals surface area contributed by atoms with Gasteiger partial charge >= 0.3 is 0 Å². The fourth-order valence-electron chi connectivity index (χ4n) is 1.75. The lowest BCUT2D eigenvalue weighted by Crippen LogP contribution is -2.06. The van der Waals surface area contributed by atoms with E-state index < -0.39 is 0 Å². The number of benzene rings is 1. The van der Waals surface area contributed by atoms with E-state index in [1.165, 1.54) is 12.1 Å². The first-order chi connectivity index (χ1) is 8.13. The van der Waals surface area contributed by atoms with Gasteiger partial charge in [0.05, 0.1) is 5.88 Å². The monoisotopic (exact) mass is 253 g/mol. The molecule has 0 aliphatic carbocycles. The first kappa shape index (κ1) is 12.0. The summed E-state index contributed by atoms with van der Waals surface area (Å²) in [6.45, 7) is 4.07. The molecule has 0 fully saturated rings. The molecule has 90 valence electrons. The van der Waals surface area contributed by atoms with Crippen LogP contribution in [-0.2, 0) is 5.88 Å². The molecule has 17 heavy (non-hydrogen) atoms. The summed E-state index contributed by atoms with van der Waals surface area (Å²) in [4.78, 5) is 0. The molecule has 0 N–H and O–H groups in total. The van der Waals surface area contributed by atoms with E-state index in [1.807, 2.05) is 18.4 Å². The minimum atomic E-state index is -0.262. The number of alkyl halides is 1. The van der Waals surface area contributed by atoms with Crippen molar-refractivity contribution in [3.63, 3.8) is 0 Å². The molecule has 2 rings (SSSR count). The van der Waals surface area contributed by atoms with Gasteiger partial charge in [0, 0.05) is 11.6 Å². The molecule has 0 bridgehead atoms. The average molecular weight is 254 g/mol. The Hall–Kier alpha value is -1.42. The van der Waals surface area contributed by atoms with Crippen LogP contribution < -0.4 is 0 Å². The highest BCUT2D eigenvalue weighted by atomic mass is 35.5. The van der Waals surface area contributed by atoms with E-state index >= 15 is 0 Å². The number of hydrogen-bond acceptors (Lipinski definition) is 2. The maximum absolute atomic E-state index is 12.9. The molecule has 3 nitrogen and oxygen atoms in total. The predicted molar refractivity (Wildman–Crippen MR) is 65.4 cm³/mol. The number of nitrogens with zero attached hydrogens (tertiary/aromatic N) is 3. The van der Waals surface area contributed by atoms with Crippen LogP contribution in [0.15, 0.2) is 24.3 Å². The third-order valence-corrected chi connectivity index (χ3v) is 2.74. The van der Waals surface area contributed by atoms with Crippen LogP contribution >= 0.6 is 11.6 Å². The van der Waals surface area contributed by atoms with Crippen molar-refractivity contribution in [2.45, 2.75) is 25.8 Å². The van der Waals surface area contributed by atoms with Gasteiger partial charge in [-0.25, -0.2) is 4.39 Å². The Kier molecular flexibility index (Phi) is 3.43. The molecular formula is C12H13ClFN3. The zero-order valence-corrected chi connectivity index (χ0v) is 10.4. The molecule has 5 heteroatoms. The minimum Gasteiger partial charge on any atom is -0.307 e. The largest absolute Gasteiger partial charge is 0.307 e. The van der Waals surface area contributed by atoms with Crippen molar-refractivity contribution < 1.29 is 4.39 Å². The number of halogens is 2. The van der Waals surface area contributed by atoms with E-state index in [1.54, 1.807) is 12.1 Å². The molecule has 0 saturated carbocycles. The van der Waals surface area contributed by atoms with Gasteiger partial charge in [-0.05, 0) is 38.1 Å². The highest BCUT2D eigenvalue weighted by molar-refractivity contribution is 6.16. The Morgan fingerprint density at radius 2 is 1.88 bits per heavy atom. The Bertz CT molecular complexity index is 505. The van der Waals surface area contributed by atoms with Crippen LogP contribution in [0.1, 0.15) is 25.7 Å². The highest BCUT2D eigenvalue weighted by Gasteiger charge is 2.15. The molecule has 2 aromatic rings. The van der Waals surface area contributed by atoms with Gasteiger partial charge < -0.3 is 4.57 Å². The molecule has 0 amide bonds. The van der Waals surface area contributed by atoms with Crippen LogP contribution in [0.4, 0.5) is 4.39 Å². The molecule has 0 aliphatic rings. The van der Waals surface area contributed by atoms with Crippen molar-refractivity contribution in [2.75, 3.05) is 0 Å². The van der Waals surface area contributed by atoms with Gasteiger partial charge in [-0.1, -0.05) is 0 Å². The molecule has 0 aliphatic heterocycles. The van der Waals surface area contributed by atoms with E-state index in [-0.39, 0.29) is 11.9 Å². The zero-order valence-electron chi connectivity index (χ0n) is 9.69. The van der Waals surface area contributed by atoms with E-state index in [0.717, 1.165) is 17.2 Å². The fourth-order valence-corrected chi connectivity index (χ4v) is 1.94. The third kappa shape index (κ3) is 2.31. The normalized spacial score (nSPS) is 11.1. The van der Waals surface area contributed by atoms with Crippen molar-refractivity contribution in [1.82, 2.24) is 14.8 Å². The summed E-state index contributed by atoms with van der Waals surface area (Å²) in [5.41, 5.74) is 0.837. The summed E-state index contributed by atoms with van der Waals surface area (Å²) in [6, 6.07) is 6.41. The first-order valence-electron chi connectivity index (χ1n) is 5.39. The third-order valence-electron chi connectivity index (χ3n) is 2.50. The van der Waals surface area contributed by atoms with E-state index in [0.29, 0.717) is 5.88 Å². The van der Waals surface area contributed by atoms with Gasteiger partial charge in [0.2, 0.25) is 0 Å². The van der Waals surface area contributed by atoms with E-state index in [9.17, 15) is 4.39 Å². The van der Waals surface area contributed by atoms with E-state index in [4.69, 9.17) is 11.6 Å². The highest BCUT2D eigenvalue weighted by Crippen LogP contribution is 2.23. The second-order valence-electron chi connectivity index (χ2n) is 4.04. The van der Waals surface area contributed by atoms with Crippen molar-refractivity contribution in [3.8, 4) is 11.4 Å². The summed E-state index contributed by atoms with van der Waals surface area (Å²) in [7, 11) is 0. The van der Waals surface area contributed by atoms with Crippen LogP contribution in [0, 0.1) is 5.82 Å². The van der Waals surface area contributed by atoms with Gasteiger partial charge in [0.15, 0.2) is 5.82 Å². The lowest BCUT2D eigenvalue weighted by Gasteiger charge is -2.12. The molecule has 1 heterocycles. The van der Waals surface area contributed by atoms with Crippen LogP contribution in [0.25, 0.3) is 11.4 Å². The minimum absolute atomic E-state index is 0.207. The molecular weight excluding hydrogens is 241 g/mol. The maximum atomic E-state index is 12.9.